The average molecular weight is 334 g/mol. The lowest BCUT2D eigenvalue weighted by Gasteiger charge is -2.40. The molecule has 2 aliphatic heterocycles. The molecule has 2 fully saturated rings. The van der Waals surface area contributed by atoms with Gasteiger partial charge in [0.05, 0.1) is 31.1 Å². The Kier molecular flexibility index (Phi) is 4.80. The highest BCUT2D eigenvalue weighted by Gasteiger charge is 2.33. The zero-order valence-corrected chi connectivity index (χ0v) is 14.6. The van der Waals surface area contributed by atoms with Crippen LogP contribution in [0.15, 0.2) is 18.3 Å². The molecular formula is C17H26N4O3. The van der Waals surface area contributed by atoms with E-state index in [1.54, 1.807) is 4.90 Å². The number of morpholine rings is 1. The number of nitrogens with one attached hydrogen (secondary N) is 1. The number of likely N-dealkylation sites (tertiary alicyclic amines) is 1. The fourth-order valence-electron chi connectivity index (χ4n) is 2.73. The van der Waals surface area contributed by atoms with Crippen LogP contribution >= 0.6 is 0 Å². The van der Waals surface area contributed by atoms with Crippen LogP contribution in [0.1, 0.15) is 20.8 Å². The third-order valence-corrected chi connectivity index (χ3v) is 3.99. The maximum atomic E-state index is 11.9. The molecule has 1 N–H and O–H groups in total. The summed E-state index contributed by atoms with van der Waals surface area (Å²) in [6.45, 7) is 10.2. The second-order valence-corrected chi connectivity index (χ2v) is 7.23. The van der Waals surface area contributed by atoms with Crippen LogP contribution in [0.25, 0.3) is 0 Å². The SMILES string of the molecule is CC(C)(C)OC(=O)N1CC(Nc2ccc(N3CCOCC3)nc2)C1. The molecule has 132 valence electrons. The van der Waals surface area contributed by atoms with E-state index in [1.165, 1.54) is 0 Å². The maximum absolute atomic E-state index is 11.9. The number of hydrogen-bond acceptors (Lipinski definition) is 6. The molecule has 0 aromatic carbocycles. The maximum Gasteiger partial charge on any atom is 0.410 e. The number of ether oxygens (including phenoxy) is 2. The van der Waals surface area contributed by atoms with E-state index in [0.29, 0.717) is 13.1 Å². The second kappa shape index (κ2) is 6.84. The fourth-order valence-corrected chi connectivity index (χ4v) is 2.73. The van der Waals surface area contributed by atoms with Gasteiger partial charge in [-0.3, -0.25) is 0 Å². The molecule has 2 aliphatic rings. The molecule has 0 spiro atoms. The van der Waals surface area contributed by atoms with Crippen LogP contribution < -0.4 is 10.2 Å². The van der Waals surface area contributed by atoms with Gasteiger partial charge in [-0.15, -0.1) is 0 Å². The number of carbonyl (C=O) groups excluding carboxylic acids is 1. The van der Waals surface area contributed by atoms with E-state index < -0.39 is 5.60 Å². The van der Waals surface area contributed by atoms with E-state index in [9.17, 15) is 4.79 Å². The molecule has 1 aromatic rings. The van der Waals surface area contributed by atoms with Gasteiger partial charge in [-0.05, 0) is 32.9 Å². The molecule has 2 saturated heterocycles. The van der Waals surface area contributed by atoms with E-state index in [0.717, 1.165) is 37.8 Å². The van der Waals surface area contributed by atoms with Crippen LogP contribution in [0.2, 0.25) is 0 Å². The predicted octanol–water partition coefficient (Wildman–Crippen LogP) is 1.95. The van der Waals surface area contributed by atoms with Gasteiger partial charge < -0.3 is 24.6 Å². The summed E-state index contributed by atoms with van der Waals surface area (Å²) in [4.78, 5) is 20.4. The van der Waals surface area contributed by atoms with Crippen molar-refractivity contribution in [1.82, 2.24) is 9.88 Å². The van der Waals surface area contributed by atoms with Crippen LogP contribution in [0.3, 0.4) is 0 Å². The van der Waals surface area contributed by atoms with Crippen LogP contribution in [0, 0.1) is 0 Å². The minimum atomic E-state index is -0.450. The van der Waals surface area contributed by atoms with Gasteiger partial charge >= 0.3 is 6.09 Å². The largest absolute Gasteiger partial charge is 0.444 e. The summed E-state index contributed by atoms with van der Waals surface area (Å²) in [6.07, 6.45) is 1.60. The van der Waals surface area contributed by atoms with E-state index in [1.807, 2.05) is 39.1 Å². The van der Waals surface area contributed by atoms with Crippen LogP contribution in [-0.4, -0.2) is 67.0 Å². The lowest BCUT2D eigenvalue weighted by molar-refractivity contribution is 0.0105. The molecule has 0 aliphatic carbocycles. The van der Waals surface area contributed by atoms with E-state index in [-0.39, 0.29) is 12.1 Å². The molecule has 0 atom stereocenters. The van der Waals surface area contributed by atoms with Gasteiger partial charge in [0.1, 0.15) is 11.4 Å². The number of pyridine rings is 1. The number of nitrogens with zero attached hydrogens (tertiary/aromatic N) is 3. The molecular weight excluding hydrogens is 308 g/mol. The summed E-state index contributed by atoms with van der Waals surface area (Å²) in [6, 6.07) is 4.31. The Labute approximate surface area is 142 Å². The zero-order chi connectivity index (χ0) is 17.2. The predicted molar refractivity (Wildman–Crippen MR) is 92.5 cm³/mol. The van der Waals surface area contributed by atoms with Gasteiger partial charge in [0.25, 0.3) is 0 Å². The minimum Gasteiger partial charge on any atom is -0.444 e. The van der Waals surface area contributed by atoms with Crippen molar-refractivity contribution < 1.29 is 14.3 Å². The topological polar surface area (TPSA) is 66.9 Å². The van der Waals surface area contributed by atoms with Crippen LogP contribution in [0.4, 0.5) is 16.3 Å². The average Bonchev–Trinajstić information content (AvgIpc) is 2.50. The molecule has 1 amide bonds. The molecule has 1 aromatic heterocycles. The number of rotatable bonds is 3. The molecule has 3 rings (SSSR count). The van der Waals surface area contributed by atoms with Crippen molar-refractivity contribution in [3.05, 3.63) is 18.3 Å². The number of hydrogen-bond donors (Lipinski definition) is 1. The highest BCUT2D eigenvalue weighted by atomic mass is 16.6. The van der Waals surface area contributed by atoms with Crippen molar-refractivity contribution in [3.8, 4) is 0 Å². The summed E-state index contributed by atoms with van der Waals surface area (Å²) in [5.74, 6) is 0.979. The Morgan fingerprint density at radius 1 is 1.29 bits per heavy atom. The number of amides is 1. The summed E-state index contributed by atoms with van der Waals surface area (Å²) in [5.41, 5.74) is 0.523. The number of carbonyl (C=O) groups is 1. The highest BCUT2D eigenvalue weighted by molar-refractivity contribution is 5.69. The van der Waals surface area contributed by atoms with Gasteiger partial charge in [-0.25, -0.2) is 9.78 Å². The van der Waals surface area contributed by atoms with Crippen molar-refractivity contribution in [3.63, 3.8) is 0 Å². The van der Waals surface area contributed by atoms with Crippen molar-refractivity contribution in [2.24, 2.45) is 0 Å². The summed E-state index contributed by atoms with van der Waals surface area (Å²) < 4.78 is 10.7. The Hall–Kier alpha value is -2.02. The molecule has 0 unspecified atom stereocenters. The first-order valence-electron chi connectivity index (χ1n) is 8.44. The lowest BCUT2D eigenvalue weighted by Crippen LogP contribution is -2.57. The number of anilines is 2. The highest BCUT2D eigenvalue weighted by Crippen LogP contribution is 2.20. The lowest BCUT2D eigenvalue weighted by atomic mass is 10.1. The van der Waals surface area contributed by atoms with Gasteiger partial charge in [-0.2, -0.15) is 0 Å². The molecule has 7 nitrogen and oxygen atoms in total. The molecule has 0 saturated carbocycles. The first kappa shape index (κ1) is 16.8. The van der Waals surface area contributed by atoms with E-state index in [2.05, 4.69) is 15.2 Å². The Morgan fingerprint density at radius 3 is 2.58 bits per heavy atom. The Bertz CT molecular complexity index is 558. The van der Waals surface area contributed by atoms with Crippen molar-refractivity contribution in [1.29, 1.82) is 0 Å². The Balaban J connectivity index is 1.45. The van der Waals surface area contributed by atoms with Gasteiger partial charge in [0.15, 0.2) is 0 Å². The van der Waals surface area contributed by atoms with Crippen molar-refractivity contribution >= 4 is 17.6 Å². The Morgan fingerprint density at radius 2 is 2.00 bits per heavy atom. The zero-order valence-electron chi connectivity index (χ0n) is 14.6. The van der Waals surface area contributed by atoms with Crippen LogP contribution in [0.5, 0.6) is 0 Å². The van der Waals surface area contributed by atoms with Crippen LogP contribution in [-0.2, 0) is 9.47 Å². The van der Waals surface area contributed by atoms with Gasteiger partial charge in [-0.1, -0.05) is 0 Å². The minimum absolute atomic E-state index is 0.244. The first-order valence-corrected chi connectivity index (χ1v) is 8.44. The molecule has 0 radical (unpaired) electrons. The number of aromatic nitrogens is 1. The summed E-state index contributed by atoms with van der Waals surface area (Å²) in [7, 11) is 0. The van der Waals surface area contributed by atoms with E-state index >= 15 is 0 Å². The van der Waals surface area contributed by atoms with Crippen molar-refractivity contribution in [2.45, 2.75) is 32.4 Å². The van der Waals surface area contributed by atoms with Gasteiger partial charge in [0, 0.05) is 26.2 Å². The van der Waals surface area contributed by atoms with E-state index in [4.69, 9.17) is 9.47 Å². The van der Waals surface area contributed by atoms with Gasteiger partial charge in [0.2, 0.25) is 0 Å². The molecule has 0 bridgehead atoms. The standard InChI is InChI=1S/C17H26N4O3/c1-17(2,3)24-16(22)21-11-14(12-21)19-13-4-5-15(18-10-13)20-6-8-23-9-7-20/h4-5,10,14,19H,6-9,11-12H2,1-3H3. The summed E-state index contributed by atoms with van der Waals surface area (Å²) >= 11 is 0. The smallest absolute Gasteiger partial charge is 0.410 e. The third-order valence-electron chi connectivity index (χ3n) is 3.99. The quantitative estimate of drug-likeness (QED) is 0.911. The fraction of sp³-hybridized carbons (Fsp3) is 0.647. The first-order chi connectivity index (χ1) is 11.4. The monoisotopic (exact) mass is 334 g/mol. The molecule has 24 heavy (non-hydrogen) atoms. The molecule has 3 heterocycles. The molecule has 7 heteroatoms. The third kappa shape index (κ3) is 4.29. The van der Waals surface area contributed by atoms with Crippen molar-refractivity contribution in [2.75, 3.05) is 49.6 Å². The second-order valence-electron chi connectivity index (χ2n) is 7.23. The summed E-state index contributed by atoms with van der Waals surface area (Å²) in [5, 5.41) is 3.40. The normalized spacial score (nSPS) is 19.0.